The predicted octanol–water partition coefficient (Wildman–Crippen LogP) is 5.10. The molecule has 1 unspecified atom stereocenters. The Morgan fingerprint density at radius 2 is 1.75 bits per heavy atom. The Balaban J connectivity index is 1.38. The number of halogens is 9. The smallest absolute Gasteiger partial charge is 0.335 e. The summed E-state index contributed by atoms with van der Waals surface area (Å²) in [6.45, 7) is -0.764. The molecule has 1 atom stereocenters. The topological polar surface area (TPSA) is 94.9 Å². The van der Waals surface area contributed by atoms with E-state index in [-0.39, 0.29) is 48.0 Å². The predicted molar refractivity (Wildman–Crippen MR) is 121 cm³/mol. The van der Waals surface area contributed by atoms with Gasteiger partial charge < -0.3 is 4.90 Å². The number of hydrogen-bond acceptors (Lipinski definition) is 6. The van der Waals surface area contributed by atoms with Gasteiger partial charge in [0, 0.05) is 17.3 Å². The molecule has 1 aromatic carbocycles. The van der Waals surface area contributed by atoms with Crippen LogP contribution in [0, 0.1) is 17.6 Å². The van der Waals surface area contributed by atoms with E-state index in [1.165, 1.54) is 4.90 Å². The van der Waals surface area contributed by atoms with Crippen LogP contribution in [0.1, 0.15) is 22.4 Å². The van der Waals surface area contributed by atoms with Gasteiger partial charge in [-0.3, -0.25) is 29.2 Å². The van der Waals surface area contributed by atoms with Gasteiger partial charge in [0.25, 0.3) is 0 Å². The lowest BCUT2D eigenvalue weighted by Crippen LogP contribution is -2.62. The van der Waals surface area contributed by atoms with Crippen LogP contribution < -0.4 is 5.48 Å². The van der Waals surface area contributed by atoms with Crippen LogP contribution in [0.5, 0.6) is 0 Å². The number of hydrogen-bond donors (Lipinski definition) is 3. The first-order valence-corrected chi connectivity index (χ1v) is 13.2. The molecule has 1 aromatic heterocycles. The summed E-state index contributed by atoms with van der Waals surface area (Å²) in [5.41, 5.74) is -8.15. The number of rotatable bonds is 4. The van der Waals surface area contributed by atoms with Crippen molar-refractivity contribution in [2.45, 2.75) is 23.6 Å². The fraction of sp³-hybridized carbons (Fsp3) is 0.391. The molecule has 1 amide bonds. The van der Waals surface area contributed by atoms with Gasteiger partial charge in [-0.15, -0.1) is 0 Å². The zero-order chi connectivity index (χ0) is 29.5. The van der Waals surface area contributed by atoms with Crippen molar-refractivity contribution in [1.29, 1.82) is 0 Å². The van der Waals surface area contributed by atoms with Gasteiger partial charge in [-0.1, -0.05) is 0 Å². The van der Waals surface area contributed by atoms with Gasteiger partial charge >= 0.3 is 12.4 Å². The fourth-order valence-electron chi connectivity index (χ4n) is 4.69. The molecule has 3 aliphatic heterocycles. The molecule has 17 heteroatoms. The van der Waals surface area contributed by atoms with E-state index in [9.17, 15) is 49.0 Å². The van der Waals surface area contributed by atoms with E-state index in [0.717, 1.165) is 18.3 Å². The van der Waals surface area contributed by atoms with Crippen LogP contribution in [0.25, 0.3) is 5.70 Å². The molecule has 2 fully saturated rings. The van der Waals surface area contributed by atoms with Gasteiger partial charge in [0.15, 0.2) is 17.3 Å². The molecule has 0 bridgehead atoms. The van der Waals surface area contributed by atoms with E-state index in [1.807, 2.05) is 5.48 Å². The molecule has 40 heavy (non-hydrogen) atoms. The zero-order valence-electron chi connectivity index (χ0n) is 19.8. The van der Waals surface area contributed by atoms with Crippen molar-refractivity contribution in [3.05, 3.63) is 70.6 Å². The molecular formula is C23H18F9N3O4S. The standard InChI is InChI=1S/C23H18F9N3O4S/c24-15-4-13(3-14(18(15)25)22(27,28)29)21(23(30,31)32)5-16(34-39-21)11-1-2-17(33-6-11)20(26)9-35(10-20)19(36)12-7-40(37,38)8-12/h1-6,12,34,37-38H,7-10H2. The van der Waals surface area contributed by atoms with Crippen LogP contribution in [0.3, 0.4) is 0 Å². The maximum atomic E-state index is 15.3. The summed E-state index contributed by atoms with van der Waals surface area (Å²) in [4.78, 5) is 22.0. The van der Waals surface area contributed by atoms with Gasteiger partial charge in [0.05, 0.1) is 47.5 Å². The van der Waals surface area contributed by atoms with Crippen molar-refractivity contribution in [2.75, 3.05) is 24.6 Å². The van der Waals surface area contributed by atoms with Crippen LogP contribution >= 0.6 is 10.6 Å². The molecule has 0 radical (unpaired) electrons. The van der Waals surface area contributed by atoms with E-state index < -0.39 is 74.5 Å². The minimum Gasteiger partial charge on any atom is -0.335 e. The van der Waals surface area contributed by atoms with Crippen LogP contribution in [-0.2, 0) is 27.1 Å². The zero-order valence-corrected chi connectivity index (χ0v) is 20.6. The third-order valence-electron chi connectivity index (χ3n) is 6.87. The monoisotopic (exact) mass is 603 g/mol. The Kier molecular flexibility index (Phi) is 6.41. The van der Waals surface area contributed by atoms with Gasteiger partial charge in [0.2, 0.25) is 11.5 Å². The molecule has 4 heterocycles. The van der Waals surface area contributed by atoms with Gasteiger partial charge in [0.1, 0.15) is 0 Å². The maximum Gasteiger partial charge on any atom is 0.428 e. The maximum absolute atomic E-state index is 15.3. The molecular weight excluding hydrogens is 585 g/mol. The first-order chi connectivity index (χ1) is 18.4. The van der Waals surface area contributed by atoms with Crippen molar-refractivity contribution < 1.29 is 58.3 Å². The molecule has 2 aromatic rings. The molecule has 2 saturated heterocycles. The summed E-state index contributed by atoms with van der Waals surface area (Å²) < 4.78 is 144. The molecule has 0 saturated carbocycles. The van der Waals surface area contributed by atoms with Crippen molar-refractivity contribution in [3.63, 3.8) is 0 Å². The largest absolute Gasteiger partial charge is 0.428 e. The molecule has 0 spiro atoms. The highest BCUT2D eigenvalue weighted by Crippen LogP contribution is 2.53. The minimum absolute atomic E-state index is 0.0526. The van der Waals surface area contributed by atoms with Gasteiger partial charge in [-0.2, -0.15) is 36.9 Å². The number of carbonyl (C=O) groups excluding carboxylic acids is 1. The molecule has 218 valence electrons. The van der Waals surface area contributed by atoms with Crippen LogP contribution in [0.15, 0.2) is 36.5 Å². The number of aromatic nitrogens is 1. The number of likely N-dealkylation sites (tertiary alicyclic amines) is 1. The van der Waals surface area contributed by atoms with Crippen molar-refractivity contribution in [1.82, 2.24) is 15.4 Å². The highest BCUT2D eigenvalue weighted by atomic mass is 32.3. The van der Waals surface area contributed by atoms with E-state index in [2.05, 4.69) is 9.82 Å². The fourth-order valence-corrected chi connectivity index (χ4v) is 6.16. The van der Waals surface area contributed by atoms with E-state index in [1.54, 1.807) is 0 Å². The van der Waals surface area contributed by atoms with Crippen LogP contribution in [0.4, 0.5) is 39.5 Å². The average Bonchev–Trinajstić information content (AvgIpc) is 3.28. The number of pyridine rings is 1. The minimum atomic E-state index is -5.50. The highest BCUT2D eigenvalue weighted by molar-refractivity contribution is 8.25. The summed E-state index contributed by atoms with van der Waals surface area (Å²) >= 11 is 0. The third kappa shape index (κ3) is 4.67. The second-order valence-electron chi connectivity index (χ2n) is 9.74. The summed E-state index contributed by atoms with van der Waals surface area (Å²) in [5, 5.41) is 0. The van der Waals surface area contributed by atoms with E-state index in [4.69, 9.17) is 0 Å². The number of amides is 1. The first kappa shape index (κ1) is 28.5. The number of nitrogens with zero attached hydrogens (tertiary/aromatic N) is 2. The van der Waals surface area contributed by atoms with Crippen LogP contribution in [-0.4, -0.2) is 55.7 Å². The molecule has 3 N–H and O–H groups in total. The Morgan fingerprint density at radius 3 is 2.27 bits per heavy atom. The average molecular weight is 603 g/mol. The SMILES string of the molecule is O=C(C1CS(O)(O)C1)N1CC(F)(c2ccc(C3=CC(c4cc(F)c(F)c(C(F)(F)F)c4)(C(F)(F)F)ON3)cn2)C1. The quantitative estimate of drug-likeness (QED) is 0.422. The Bertz CT molecular complexity index is 1380. The second-order valence-corrected chi connectivity index (χ2v) is 12.0. The third-order valence-corrected chi connectivity index (χ3v) is 8.74. The lowest BCUT2D eigenvalue weighted by atomic mass is 9.89. The lowest BCUT2D eigenvalue weighted by molar-refractivity contribution is -0.269. The van der Waals surface area contributed by atoms with E-state index >= 15 is 4.39 Å². The summed E-state index contributed by atoms with van der Waals surface area (Å²) in [5.74, 6) is -5.80. The summed E-state index contributed by atoms with van der Waals surface area (Å²) in [6.07, 6.45) is -9.66. The Labute approximate surface area is 220 Å². The second kappa shape index (κ2) is 8.99. The number of hydroxylamine groups is 1. The summed E-state index contributed by atoms with van der Waals surface area (Å²) in [6, 6.07) is 2.03. The highest BCUT2D eigenvalue weighted by Gasteiger charge is 2.60. The van der Waals surface area contributed by atoms with Crippen molar-refractivity contribution in [3.8, 4) is 0 Å². The number of benzene rings is 1. The van der Waals surface area contributed by atoms with Crippen LogP contribution in [0.2, 0.25) is 0 Å². The number of carbonyl (C=O) groups is 1. The van der Waals surface area contributed by atoms with Crippen molar-refractivity contribution >= 4 is 22.2 Å². The summed E-state index contributed by atoms with van der Waals surface area (Å²) in [7, 11) is -2.77. The van der Waals surface area contributed by atoms with Crippen molar-refractivity contribution in [2.24, 2.45) is 5.92 Å². The molecule has 0 aliphatic carbocycles. The normalized spacial score (nSPS) is 25.0. The Hall–Kier alpha value is -3.02. The van der Waals surface area contributed by atoms with Gasteiger partial charge in [-0.25, -0.2) is 13.2 Å². The van der Waals surface area contributed by atoms with Gasteiger partial charge in [-0.05, 0) is 30.3 Å². The molecule has 3 aliphatic rings. The lowest BCUT2D eigenvalue weighted by Gasteiger charge is -2.51. The first-order valence-electron chi connectivity index (χ1n) is 11.3. The number of nitrogens with one attached hydrogen (secondary N) is 1. The molecule has 7 nitrogen and oxygen atoms in total. The molecule has 5 rings (SSSR count). The Morgan fingerprint density at radius 1 is 1.10 bits per heavy atom. The van der Waals surface area contributed by atoms with E-state index in [0.29, 0.717) is 6.08 Å². The number of alkyl halides is 7.